The van der Waals surface area contributed by atoms with E-state index in [1.807, 2.05) is 26.0 Å². The molecule has 4 heterocycles. The van der Waals surface area contributed by atoms with Gasteiger partial charge in [0.25, 0.3) is 5.89 Å². The number of nitrogens with zero attached hydrogens (tertiary/aromatic N) is 5. The Hall–Kier alpha value is -3.89. The maximum absolute atomic E-state index is 14.4. The van der Waals surface area contributed by atoms with Gasteiger partial charge >= 0.3 is 12.1 Å². The molecule has 6 nitrogen and oxygen atoms in total. The molecule has 0 radical (unpaired) electrons. The van der Waals surface area contributed by atoms with Gasteiger partial charge in [0.05, 0.1) is 0 Å². The molecule has 11 heteroatoms. The number of benzene rings is 1. The fourth-order valence-corrected chi connectivity index (χ4v) is 3.71. The highest BCUT2D eigenvalue weighted by Gasteiger charge is 2.60. The summed E-state index contributed by atoms with van der Waals surface area (Å²) in [5.74, 6) is -4.87. The number of hydrogen-bond donors (Lipinski definition) is 0. The second kappa shape index (κ2) is 7.57. The van der Waals surface area contributed by atoms with Crippen LogP contribution in [0.15, 0.2) is 59.5 Å². The number of aromatic nitrogens is 5. The van der Waals surface area contributed by atoms with Crippen molar-refractivity contribution in [2.24, 2.45) is 0 Å². The summed E-state index contributed by atoms with van der Waals surface area (Å²) in [5, 5.41) is 7.70. The number of rotatable bonds is 4. The Morgan fingerprint density at radius 2 is 1.68 bits per heavy atom. The topological polar surface area (TPSA) is 69.1 Å². The molecule has 1 aromatic carbocycles. The van der Waals surface area contributed by atoms with Crippen molar-refractivity contribution in [3.05, 3.63) is 66.3 Å². The molecular formula is C23H16F5N5O. The Kier molecular flexibility index (Phi) is 4.88. The van der Waals surface area contributed by atoms with E-state index in [0.29, 0.717) is 10.9 Å². The molecule has 0 spiro atoms. The molecule has 0 aliphatic heterocycles. The number of halogens is 5. The van der Waals surface area contributed by atoms with Crippen molar-refractivity contribution in [3.63, 3.8) is 0 Å². The van der Waals surface area contributed by atoms with E-state index in [4.69, 9.17) is 4.42 Å². The minimum absolute atomic E-state index is 0.0677. The van der Waals surface area contributed by atoms with Gasteiger partial charge in [-0.25, -0.2) is 9.97 Å². The van der Waals surface area contributed by atoms with Crippen LogP contribution in [0.3, 0.4) is 0 Å². The zero-order chi connectivity index (χ0) is 24.3. The monoisotopic (exact) mass is 473 g/mol. The predicted octanol–water partition coefficient (Wildman–Crippen LogP) is 6.38. The van der Waals surface area contributed by atoms with Crippen molar-refractivity contribution >= 4 is 16.7 Å². The van der Waals surface area contributed by atoms with Gasteiger partial charge in [0.15, 0.2) is 0 Å². The van der Waals surface area contributed by atoms with Crippen molar-refractivity contribution in [3.8, 4) is 22.7 Å². The fraction of sp³-hybridized carbons (Fsp3) is 0.217. The third-order valence-corrected chi connectivity index (χ3v) is 5.54. The number of fused-ring (bicyclic) bond motifs is 3. The number of pyridine rings is 2. The van der Waals surface area contributed by atoms with Crippen molar-refractivity contribution < 1.29 is 26.4 Å². The second-order valence-corrected chi connectivity index (χ2v) is 8.07. The van der Waals surface area contributed by atoms with Crippen LogP contribution >= 0.6 is 0 Å². The molecule has 0 N–H and O–H groups in total. The summed E-state index contributed by atoms with van der Waals surface area (Å²) in [7, 11) is 0. The molecule has 0 aliphatic rings. The largest absolute Gasteiger partial charge is 0.459 e. The van der Waals surface area contributed by atoms with E-state index >= 15 is 0 Å². The molecule has 0 fully saturated rings. The van der Waals surface area contributed by atoms with Crippen LogP contribution in [0.5, 0.6) is 0 Å². The van der Waals surface area contributed by atoms with Gasteiger partial charge < -0.3 is 4.42 Å². The van der Waals surface area contributed by atoms with E-state index in [2.05, 4.69) is 20.2 Å². The number of alkyl halides is 5. The standard InChI is InChI=1S/C23H16F5N5O/c1-12(2)13-3-5-14(6-4-13)16-9-18(22(24,25)23(26,27)28)31-20-15(16)7-8-19-30-17(10-33(19)20)21-32-29-11-34-21/h3-12H,1-2H3. The average Bonchev–Trinajstić information content (AvgIpc) is 3.47. The summed E-state index contributed by atoms with van der Waals surface area (Å²) in [6, 6.07) is 11.0. The first-order valence-electron chi connectivity index (χ1n) is 10.2. The average molecular weight is 473 g/mol. The lowest BCUT2D eigenvalue weighted by Gasteiger charge is -2.21. The quantitative estimate of drug-likeness (QED) is 0.284. The van der Waals surface area contributed by atoms with Gasteiger partial charge in [-0.05, 0) is 40.8 Å². The van der Waals surface area contributed by atoms with E-state index in [1.165, 1.54) is 10.6 Å². The Bertz CT molecular complexity index is 1490. The van der Waals surface area contributed by atoms with Gasteiger partial charge in [-0.15, -0.1) is 10.2 Å². The summed E-state index contributed by atoms with van der Waals surface area (Å²) in [6.45, 7) is 3.99. The Morgan fingerprint density at radius 1 is 0.941 bits per heavy atom. The maximum Gasteiger partial charge on any atom is 0.459 e. The van der Waals surface area contributed by atoms with Gasteiger partial charge in [-0.2, -0.15) is 22.0 Å². The predicted molar refractivity (Wildman–Crippen MR) is 113 cm³/mol. The minimum atomic E-state index is -5.82. The maximum atomic E-state index is 14.4. The van der Waals surface area contributed by atoms with Crippen molar-refractivity contribution in [1.82, 2.24) is 24.6 Å². The Balaban J connectivity index is 1.81. The zero-order valence-electron chi connectivity index (χ0n) is 17.8. The van der Waals surface area contributed by atoms with Gasteiger partial charge in [-0.1, -0.05) is 38.1 Å². The van der Waals surface area contributed by atoms with Crippen molar-refractivity contribution in [1.29, 1.82) is 0 Å². The van der Waals surface area contributed by atoms with Gasteiger partial charge in [-0.3, -0.25) is 4.40 Å². The van der Waals surface area contributed by atoms with Crippen LogP contribution in [0, 0.1) is 0 Å². The molecule has 174 valence electrons. The Labute approximate surface area is 189 Å². The molecule has 0 saturated heterocycles. The van der Waals surface area contributed by atoms with Gasteiger partial charge in [0, 0.05) is 11.6 Å². The van der Waals surface area contributed by atoms with Crippen LogP contribution in [0.25, 0.3) is 39.4 Å². The molecule has 0 aliphatic carbocycles. The first-order valence-corrected chi connectivity index (χ1v) is 10.2. The third kappa shape index (κ3) is 3.47. The van der Waals surface area contributed by atoms with Crippen LogP contribution in [0.1, 0.15) is 31.0 Å². The SMILES string of the molecule is CC(C)c1ccc(-c2cc(C(F)(F)C(F)(F)F)nc3c2ccc2nc(-c4nnco4)cn23)cc1. The Morgan fingerprint density at radius 3 is 2.29 bits per heavy atom. The lowest BCUT2D eigenvalue weighted by atomic mass is 9.96. The lowest BCUT2D eigenvalue weighted by molar-refractivity contribution is -0.290. The molecule has 34 heavy (non-hydrogen) atoms. The normalized spacial score (nSPS) is 12.8. The highest BCUT2D eigenvalue weighted by molar-refractivity contribution is 5.94. The van der Waals surface area contributed by atoms with E-state index < -0.39 is 17.8 Å². The van der Waals surface area contributed by atoms with E-state index in [9.17, 15) is 22.0 Å². The van der Waals surface area contributed by atoms with E-state index in [-0.39, 0.29) is 34.4 Å². The molecule has 5 rings (SSSR count). The lowest BCUT2D eigenvalue weighted by Crippen LogP contribution is -2.34. The molecule has 0 atom stereocenters. The molecular weight excluding hydrogens is 457 g/mol. The fourth-order valence-electron chi connectivity index (χ4n) is 3.71. The van der Waals surface area contributed by atoms with Crippen LogP contribution in [-0.2, 0) is 5.92 Å². The minimum Gasteiger partial charge on any atom is -0.422 e. The summed E-state index contributed by atoms with van der Waals surface area (Å²) in [6.07, 6.45) is -3.32. The molecule has 0 saturated carbocycles. The zero-order valence-corrected chi connectivity index (χ0v) is 17.8. The summed E-state index contributed by atoms with van der Waals surface area (Å²) < 4.78 is 75.1. The number of imidazole rings is 1. The van der Waals surface area contributed by atoms with Crippen LogP contribution in [-0.4, -0.2) is 30.7 Å². The van der Waals surface area contributed by atoms with Crippen LogP contribution in [0.2, 0.25) is 0 Å². The first kappa shape index (κ1) is 21.9. The number of hydrogen-bond acceptors (Lipinski definition) is 5. The van der Waals surface area contributed by atoms with Crippen LogP contribution < -0.4 is 0 Å². The molecule has 4 aromatic heterocycles. The van der Waals surface area contributed by atoms with Gasteiger partial charge in [0.2, 0.25) is 6.39 Å². The summed E-state index contributed by atoms with van der Waals surface area (Å²) in [4.78, 5) is 8.05. The smallest absolute Gasteiger partial charge is 0.422 e. The third-order valence-electron chi connectivity index (χ3n) is 5.54. The van der Waals surface area contributed by atoms with Crippen LogP contribution in [0.4, 0.5) is 22.0 Å². The second-order valence-electron chi connectivity index (χ2n) is 8.07. The molecule has 5 aromatic rings. The molecule has 0 bridgehead atoms. The van der Waals surface area contributed by atoms with E-state index in [1.54, 1.807) is 24.3 Å². The highest BCUT2D eigenvalue weighted by Crippen LogP contribution is 2.45. The molecule has 0 unspecified atom stereocenters. The summed E-state index contributed by atoms with van der Waals surface area (Å²) >= 11 is 0. The van der Waals surface area contributed by atoms with E-state index in [0.717, 1.165) is 18.0 Å². The van der Waals surface area contributed by atoms with Crippen molar-refractivity contribution in [2.75, 3.05) is 0 Å². The first-order chi connectivity index (χ1) is 16.1. The van der Waals surface area contributed by atoms with Gasteiger partial charge in [0.1, 0.15) is 22.7 Å². The summed E-state index contributed by atoms with van der Waals surface area (Å²) in [5.41, 5.74) is 0.645. The molecule has 0 amide bonds. The highest BCUT2D eigenvalue weighted by atomic mass is 19.4. The van der Waals surface area contributed by atoms with Crippen molar-refractivity contribution in [2.45, 2.75) is 31.9 Å².